The summed E-state index contributed by atoms with van der Waals surface area (Å²) >= 11 is 0. The predicted molar refractivity (Wildman–Crippen MR) is 55.2 cm³/mol. The second kappa shape index (κ2) is 4.82. The van der Waals surface area contributed by atoms with Crippen LogP contribution >= 0.6 is 0 Å². The Labute approximate surface area is 91.9 Å². The van der Waals surface area contributed by atoms with Crippen molar-refractivity contribution in [3.8, 4) is 11.5 Å². The molecule has 0 radical (unpaired) electrons. The van der Waals surface area contributed by atoms with Crippen LogP contribution in [0.15, 0.2) is 18.2 Å². The summed E-state index contributed by atoms with van der Waals surface area (Å²) in [4.78, 5) is 10.6. The molecule has 0 aromatic heterocycles. The number of hydrogen-bond donors (Lipinski definition) is 4. The van der Waals surface area contributed by atoms with E-state index in [4.69, 9.17) is 15.6 Å². The maximum atomic E-state index is 10.6. The van der Waals surface area contributed by atoms with Crippen LogP contribution in [0.1, 0.15) is 11.7 Å². The largest absolute Gasteiger partial charge is 0.504 e. The molecule has 1 rings (SSSR count). The number of ether oxygens (including phenoxy) is 1. The number of hydrogen-bond acceptors (Lipinski definition) is 5. The van der Waals surface area contributed by atoms with Gasteiger partial charge in [-0.05, 0) is 17.7 Å². The molecule has 6 heteroatoms. The van der Waals surface area contributed by atoms with Crippen LogP contribution in [0.25, 0.3) is 0 Å². The van der Waals surface area contributed by atoms with E-state index in [0.29, 0.717) is 0 Å². The second-order valence-electron chi connectivity index (χ2n) is 3.24. The lowest BCUT2D eigenvalue weighted by Crippen LogP contribution is -2.36. The molecule has 2 atom stereocenters. The lowest BCUT2D eigenvalue weighted by molar-refractivity contribution is -0.141. The van der Waals surface area contributed by atoms with Gasteiger partial charge in [-0.25, -0.2) is 0 Å². The first-order valence-corrected chi connectivity index (χ1v) is 4.50. The number of carbonyl (C=O) groups is 1. The van der Waals surface area contributed by atoms with E-state index in [-0.39, 0.29) is 17.1 Å². The molecule has 0 saturated carbocycles. The Morgan fingerprint density at radius 2 is 2.12 bits per heavy atom. The third kappa shape index (κ3) is 2.41. The minimum Gasteiger partial charge on any atom is -0.504 e. The zero-order chi connectivity index (χ0) is 12.3. The SMILES string of the molecule is COc1cc(C(O)[C@H](N)C(=O)O)ccc1O. The molecule has 0 amide bonds. The molecule has 0 aliphatic rings. The standard InChI is InChI=1S/C10H13NO5/c1-16-7-4-5(2-3-6(7)12)9(13)8(11)10(14)15/h2-4,8-9,12-13H,11H2,1H3,(H,14,15)/t8-,9?/m0/s1. The fourth-order valence-electron chi connectivity index (χ4n) is 1.22. The van der Waals surface area contributed by atoms with Crippen LogP contribution in [-0.4, -0.2) is 34.4 Å². The molecule has 0 heterocycles. The fraction of sp³-hybridized carbons (Fsp3) is 0.300. The first-order chi connectivity index (χ1) is 7.47. The number of benzene rings is 1. The van der Waals surface area contributed by atoms with Crippen molar-refractivity contribution in [3.63, 3.8) is 0 Å². The Morgan fingerprint density at radius 1 is 1.50 bits per heavy atom. The van der Waals surface area contributed by atoms with E-state index in [0.717, 1.165) is 0 Å². The van der Waals surface area contributed by atoms with Crippen LogP contribution < -0.4 is 10.5 Å². The molecule has 0 aliphatic carbocycles. The molecule has 5 N–H and O–H groups in total. The van der Waals surface area contributed by atoms with Gasteiger partial charge in [-0.2, -0.15) is 0 Å². The van der Waals surface area contributed by atoms with Crippen molar-refractivity contribution < 1.29 is 24.9 Å². The summed E-state index contributed by atoms with van der Waals surface area (Å²) in [5, 5.41) is 27.6. The Kier molecular flexibility index (Phi) is 3.70. The second-order valence-corrected chi connectivity index (χ2v) is 3.24. The van der Waals surface area contributed by atoms with Gasteiger partial charge >= 0.3 is 5.97 Å². The van der Waals surface area contributed by atoms with Gasteiger partial charge in [0.05, 0.1) is 7.11 Å². The highest BCUT2D eigenvalue weighted by atomic mass is 16.5. The molecule has 0 spiro atoms. The van der Waals surface area contributed by atoms with Crippen LogP contribution in [-0.2, 0) is 4.79 Å². The minimum absolute atomic E-state index is 0.0950. The van der Waals surface area contributed by atoms with Crippen LogP contribution in [0.3, 0.4) is 0 Å². The lowest BCUT2D eigenvalue weighted by atomic mass is 10.0. The number of carboxylic acids is 1. The summed E-state index contributed by atoms with van der Waals surface area (Å²) in [6, 6.07) is 2.59. The smallest absolute Gasteiger partial charge is 0.323 e. The number of aromatic hydroxyl groups is 1. The normalized spacial score (nSPS) is 14.2. The molecule has 0 aliphatic heterocycles. The zero-order valence-electron chi connectivity index (χ0n) is 8.62. The Hall–Kier alpha value is -1.79. The highest BCUT2D eigenvalue weighted by Gasteiger charge is 2.24. The molecular formula is C10H13NO5. The number of rotatable bonds is 4. The number of carboxylic acid groups (broad SMARTS) is 1. The van der Waals surface area contributed by atoms with Gasteiger partial charge in [0.1, 0.15) is 12.1 Å². The lowest BCUT2D eigenvalue weighted by Gasteiger charge is -2.16. The van der Waals surface area contributed by atoms with Crippen LogP contribution in [0.5, 0.6) is 11.5 Å². The molecule has 88 valence electrons. The number of nitrogens with two attached hydrogens (primary N) is 1. The van der Waals surface area contributed by atoms with Crippen molar-refractivity contribution in [2.75, 3.05) is 7.11 Å². The van der Waals surface area contributed by atoms with Gasteiger partial charge in [0, 0.05) is 0 Å². The summed E-state index contributed by atoms with van der Waals surface area (Å²) in [7, 11) is 1.35. The average Bonchev–Trinajstić information content (AvgIpc) is 2.27. The third-order valence-corrected chi connectivity index (χ3v) is 2.17. The van der Waals surface area contributed by atoms with E-state index >= 15 is 0 Å². The monoisotopic (exact) mass is 227 g/mol. The zero-order valence-corrected chi connectivity index (χ0v) is 8.62. The highest BCUT2D eigenvalue weighted by molar-refractivity contribution is 5.74. The summed E-state index contributed by atoms with van der Waals surface area (Å²) in [5.74, 6) is -1.25. The minimum atomic E-state index is -1.42. The topological polar surface area (TPSA) is 113 Å². The molecule has 6 nitrogen and oxygen atoms in total. The Bertz CT molecular complexity index is 393. The molecule has 0 saturated heterocycles. The van der Waals surface area contributed by atoms with Gasteiger partial charge in [-0.1, -0.05) is 6.07 Å². The first-order valence-electron chi connectivity index (χ1n) is 4.50. The van der Waals surface area contributed by atoms with Gasteiger partial charge in [0.25, 0.3) is 0 Å². The van der Waals surface area contributed by atoms with E-state index in [1.54, 1.807) is 0 Å². The summed E-state index contributed by atoms with van der Waals surface area (Å²) < 4.78 is 4.83. The number of aliphatic carboxylic acids is 1. The van der Waals surface area contributed by atoms with Gasteiger partial charge < -0.3 is 25.8 Å². The van der Waals surface area contributed by atoms with Crippen molar-refractivity contribution in [2.24, 2.45) is 5.73 Å². The van der Waals surface area contributed by atoms with Gasteiger partial charge in [-0.3, -0.25) is 4.79 Å². The number of phenols is 1. The fourth-order valence-corrected chi connectivity index (χ4v) is 1.22. The first kappa shape index (κ1) is 12.3. The number of aliphatic hydroxyl groups is 1. The average molecular weight is 227 g/mol. The van der Waals surface area contributed by atoms with Crippen molar-refractivity contribution >= 4 is 5.97 Å². The molecular weight excluding hydrogens is 214 g/mol. The van der Waals surface area contributed by atoms with Crippen LogP contribution in [0.2, 0.25) is 0 Å². The molecule has 1 aromatic rings. The van der Waals surface area contributed by atoms with Crippen LogP contribution in [0, 0.1) is 0 Å². The summed E-state index contributed by atoms with van der Waals surface area (Å²) in [5.41, 5.74) is 5.54. The van der Waals surface area contributed by atoms with Crippen molar-refractivity contribution in [2.45, 2.75) is 12.1 Å². The van der Waals surface area contributed by atoms with Crippen molar-refractivity contribution in [1.29, 1.82) is 0 Å². The van der Waals surface area contributed by atoms with E-state index < -0.39 is 18.1 Å². The van der Waals surface area contributed by atoms with Crippen molar-refractivity contribution in [1.82, 2.24) is 0 Å². The third-order valence-electron chi connectivity index (χ3n) is 2.17. The molecule has 1 aromatic carbocycles. The maximum absolute atomic E-state index is 10.6. The molecule has 0 bridgehead atoms. The number of methoxy groups -OCH3 is 1. The predicted octanol–water partition coefficient (Wildman–Crippen LogP) is -0.154. The molecule has 16 heavy (non-hydrogen) atoms. The highest BCUT2D eigenvalue weighted by Crippen LogP contribution is 2.29. The molecule has 0 fully saturated rings. The number of aliphatic hydroxyl groups excluding tert-OH is 1. The van der Waals surface area contributed by atoms with Crippen molar-refractivity contribution in [3.05, 3.63) is 23.8 Å². The Morgan fingerprint density at radius 3 is 2.62 bits per heavy atom. The van der Waals surface area contributed by atoms with E-state index in [1.807, 2.05) is 0 Å². The van der Waals surface area contributed by atoms with E-state index in [9.17, 15) is 15.0 Å². The molecule has 1 unspecified atom stereocenters. The maximum Gasteiger partial charge on any atom is 0.323 e. The van der Waals surface area contributed by atoms with E-state index in [2.05, 4.69) is 0 Å². The van der Waals surface area contributed by atoms with Gasteiger partial charge in [0.2, 0.25) is 0 Å². The Balaban J connectivity index is 3.00. The quantitative estimate of drug-likeness (QED) is 0.568. The summed E-state index contributed by atoms with van der Waals surface area (Å²) in [6.45, 7) is 0. The van der Waals surface area contributed by atoms with Gasteiger partial charge in [-0.15, -0.1) is 0 Å². The summed E-state index contributed by atoms with van der Waals surface area (Å²) in [6.07, 6.45) is -1.35. The van der Waals surface area contributed by atoms with E-state index in [1.165, 1.54) is 25.3 Å². The number of phenolic OH excluding ortho intramolecular Hbond substituents is 1. The van der Waals surface area contributed by atoms with Gasteiger partial charge in [0.15, 0.2) is 11.5 Å². The van der Waals surface area contributed by atoms with Crippen LogP contribution in [0.4, 0.5) is 0 Å².